The fourth-order valence-corrected chi connectivity index (χ4v) is 3.19. The molecule has 0 atom stereocenters. The number of carboxylic acid groups (broad SMARTS) is 1. The van der Waals surface area contributed by atoms with Gasteiger partial charge in [0.25, 0.3) is 0 Å². The van der Waals surface area contributed by atoms with Crippen molar-refractivity contribution in [3.05, 3.63) is 33.9 Å². The molecule has 1 saturated heterocycles. The SMILES string of the molecule is O=C([O-])c1cnc2c(Cl)c(Cl)ccc2c1NCC[NH+]1CCOCC1. The van der Waals surface area contributed by atoms with Gasteiger partial charge >= 0.3 is 0 Å². The van der Waals surface area contributed by atoms with Crippen molar-refractivity contribution < 1.29 is 19.5 Å². The van der Waals surface area contributed by atoms with Crippen molar-refractivity contribution >= 4 is 45.8 Å². The lowest BCUT2D eigenvalue weighted by Crippen LogP contribution is -3.14. The van der Waals surface area contributed by atoms with Crippen LogP contribution in [0.3, 0.4) is 0 Å². The Morgan fingerprint density at radius 3 is 2.79 bits per heavy atom. The summed E-state index contributed by atoms with van der Waals surface area (Å²) >= 11 is 12.2. The van der Waals surface area contributed by atoms with Crippen LogP contribution in [0.15, 0.2) is 18.3 Å². The number of fused-ring (bicyclic) bond motifs is 1. The van der Waals surface area contributed by atoms with Gasteiger partial charge < -0.3 is 24.9 Å². The van der Waals surface area contributed by atoms with Crippen LogP contribution in [0.4, 0.5) is 5.69 Å². The van der Waals surface area contributed by atoms with Crippen molar-refractivity contribution in [1.82, 2.24) is 4.98 Å². The molecule has 1 aromatic heterocycles. The first kappa shape index (κ1) is 17.2. The topological polar surface area (TPSA) is 78.7 Å². The summed E-state index contributed by atoms with van der Waals surface area (Å²) in [6.07, 6.45) is 1.25. The summed E-state index contributed by atoms with van der Waals surface area (Å²) < 4.78 is 5.33. The van der Waals surface area contributed by atoms with Gasteiger partial charge in [0.05, 0.1) is 53.5 Å². The molecule has 0 aliphatic carbocycles. The third-order valence-electron chi connectivity index (χ3n) is 4.13. The fourth-order valence-electron chi connectivity index (χ4n) is 2.83. The summed E-state index contributed by atoms with van der Waals surface area (Å²) in [5.74, 6) is -1.28. The predicted molar refractivity (Wildman–Crippen MR) is 91.0 cm³/mol. The molecule has 2 heterocycles. The summed E-state index contributed by atoms with van der Waals surface area (Å²) in [5.41, 5.74) is 0.944. The number of aromatic nitrogens is 1. The molecule has 1 aliphatic heterocycles. The Hall–Kier alpha value is -1.60. The zero-order valence-corrected chi connectivity index (χ0v) is 14.4. The first-order valence-corrected chi connectivity index (χ1v) is 8.46. The summed E-state index contributed by atoms with van der Waals surface area (Å²) in [6.45, 7) is 4.90. The molecule has 1 aromatic carbocycles. The average molecular weight is 370 g/mol. The molecule has 1 fully saturated rings. The Morgan fingerprint density at radius 1 is 1.33 bits per heavy atom. The number of rotatable bonds is 5. The largest absolute Gasteiger partial charge is 0.545 e. The van der Waals surface area contributed by atoms with Crippen molar-refractivity contribution in [3.8, 4) is 0 Å². The number of carbonyl (C=O) groups excluding carboxylic acids is 1. The Morgan fingerprint density at radius 2 is 2.08 bits per heavy atom. The van der Waals surface area contributed by atoms with E-state index >= 15 is 0 Å². The van der Waals surface area contributed by atoms with Gasteiger partial charge in [-0.15, -0.1) is 0 Å². The van der Waals surface area contributed by atoms with Gasteiger partial charge in [-0.05, 0) is 12.1 Å². The molecule has 8 heteroatoms. The van der Waals surface area contributed by atoms with Crippen molar-refractivity contribution in [1.29, 1.82) is 0 Å². The maximum Gasteiger partial charge on any atom is 0.101 e. The monoisotopic (exact) mass is 369 g/mol. The number of pyridine rings is 1. The van der Waals surface area contributed by atoms with Crippen LogP contribution in [0, 0.1) is 0 Å². The predicted octanol–water partition coefficient (Wildman–Crippen LogP) is 0.232. The second-order valence-electron chi connectivity index (χ2n) is 5.63. The van der Waals surface area contributed by atoms with Crippen LogP contribution in [0.2, 0.25) is 10.0 Å². The molecule has 0 bridgehead atoms. The van der Waals surface area contributed by atoms with Crippen LogP contribution in [0.25, 0.3) is 10.9 Å². The minimum atomic E-state index is -1.28. The van der Waals surface area contributed by atoms with Gasteiger partial charge in [0.15, 0.2) is 0 Å². The lowest BCUT2D eigenvalue weighted by molar-refractivity contribution is -0.906. The maximum atomic E-state index is 11.4. The van der Waals surface area contributed by atoms with Crippen molar-refractivity contribution in [2.75, 3.05) is 44.7 Å². The number of aromatic carboxylic acids is 1. The zero-order chi connectivity index (χ0) is 17.1. The molecule has 24 heavy (non-hydrogen) atoms. The minimum absolute atomic E-state index is 0.0119. The number of nitrogens with zero attached hydrogens (tertiary/aromatic N) is 1. The van der Waals surface area contributed by atoms with E-state index in [9.17, 15) is 9.90 Å². The molecule has 0 spiro atoms. The first-order valence-electron chi connectivity index (χ1n) is 7.71. The summed E-state index contributed by atoms with van der Waals surface area (Å²) in [4.78, 5) is 17.0. The number of carbonyl (C=O) groups is 1. The number of carboxylic acids is 1. The molecule has 128 valence electrons. The van der Waals surface area contributed by atoms with Gasteiger partial charge in [0, 0.05) is 17.1 Å². The molecular weight excluding hydrogens is 353 g/mol. The van der Waals surface area contributed by atoms with Crippen molar-refractivity contribution in [2.45, 2.75) is 0 Å². The highest BCUT2D eigenvalue weighted by Gasteiger charge is 2.16. The molecule has 0 unspecified atom stereocenters. The van der Waals surface area contributed by atoms with E-state index in [2.05, 4.69) is 10.3 Å². The van der Waals surface area contributed by atoms with E-state index in [-0.39, 0.29) is 5.56 Å². The Kier molecular flexibility index (Phi) is 5.40. The number of ether oxygens (including phenoxy) is 1. The van der Waals surface area contributed by atoms with Crippen LogP contribution in [-0.4, -0.2) is 50.3 Å². The highest BCUT2D eigenvalue weighted by Crippen LogP contribution is 2.34. The molecule has 1 aliphatic rings. The van der Waals surface area contributed by atoms with E-state index < -0.39 is 5.97 Å². The van der Waals surface area contributed by atoms with Crippen LogP contribution >= 0.6 is 23.2 Å². The van der Waals surface area contributed by atoms with Crippen molar-refractivity contribution in [2.24, 2.45) is 0 Å². The highest BCUT2D eigenvalue weighted by atomic mass is 35.5. The number of benzene rings is 1. The van der Waals surface area contributed by atoms with E-state index in [0.29, 0.717) is 33.2 Å². The number of hydrogen-bond acceptors (Lipinski definition) is 5. The highest BCUT2D eigenvalue weighted by molar-refractivity contribution is 6.45. The lowest BCUT2D eigenvalue weighted by Gasteiger charge is -2.24. The second-order valence-corrected chi connectivity index (χ2v) is 6.42. The average Bonchev–Trinajstić information content (AvgIpc) is 2.59. The van der Waals surface area contributed by atoms with E-state index in [1.165, 1.54) is 11.1 Å². The smallest absolute Gasteiger partial charge is 0.101 e. The van der Waals surface area contributed by atoms with E-state index in [4.69, 9.17) is 27.9 Å². The number of nitrogens with one attached hydrogen (secondary N) is 2. The molecular formula is C16H17Cl2N3O3. The summed E-state index contributed by atoms with van der Waals surface area (Å²) in [5, 5.41) is 15.9. The number of halogens is 2. The van der Waals surface area contributed by atoms with Crippen LogP contribution < -0.4 is 15.3 Å². The van der Waals surface area contributed by atoms with Gasteiger partial charge in [-0.25, -0.2) is 0 Å². The number of anilines is 1. The van der Waals surface area contributed by atoms with E-state index in [1.54, 1.807) is 12.1 Å². The third-order valence-corrected chi connectivity index (χ3v) is 4.92. The lowest BCUT2D eigenvalue weighted by atomic mass is 10.1. The van der Waals surface area contributed by atoms with Crippen LogP contribution in [-0.2, 0) is 4.74 Å². The van der Waals surface area contributed by atoms with Gasteiger partial charge in [-0.1, -0.05) is 23.2 Å². The molecule has 0 radical (unpaired) electrons. The number of quaternary nitrogens is 1. The Labute approximate surface area is 149 Å². The number of hydrogen-bond donors (Lipinski definition) is 2. The Balaban J connectivity index is 1.87. The summed E-state index contributed by atoms with van der Waals surface area (Å²) in [7, 11) is 0. The Bertz CT molecular complexity index is 764. The molecule has 2 N–H and O–H groups in total. The van der Waals surface area contributed by atoms with Gasteiger partial charge in [0.2, 0.25) is 0 Å². The van der Waals surface area contributed by atoms with E-state index in [0.717, 1.165) is 32.8 Å². The standard InChI is InChI=1S/C16H17Cl2N3O3/c17-12-2-1-10-14(19-3-4-21-5-7-24-8-6-21)11(16(22)23)9-20-15(10)13(12)18/h1-2,9H,3-8H2,(H,19,20)(H,22,23). The van der Waals surface area contributed by atoms with E-state index in [1.807, 2.05) is 0 Å². The maximum absolute atomic E-state index is 11.4. The minimum Gasteiger partial charge on any atom is -0.545 e. The zero-order valence-electron chi connectivity index (χ0n) is 12.9. The fraction of sp³-hybridized carbons (Fsp3) is 0.375. The van der Waals surface area contributed by atoms with Crippen LogP contribution in [0.1, 0.15) is 10.4 Å². The van der Waals surface area contributed by atoms with Crippen LogP contribution in [0.5, 0.6) is 0 Å². The molecule has 0 amide bonds. The normalized spacial score (nSPS) is 15.6. The molecule has 0 saturated carbocycles. The van der Waals surface area contributed by atoms with Gasteiger partial charge in [0.1, 0.15) is 13.1 Å². The quantitative estimate of drug-likeness (QED) is 0.788. The van der Waals surface area contributed by atoms with Gasteiger partial charge in [-0.2, -0.15) is 0 Å². The second kappa shape index (κ2) is 7.53. The molecule has 6 nitrogen and oxygen atoms in total. The summed E-state index contributed by atoms with van der Waals surface area (Å²) in [6, 6.07) is 3.35. The van der Waals surface area contributed by atoms with Gasteiger partial charge in [-0.3, -0.25) is 4.98 Å². The molecule has 3 rings (SSSR count). The first-order chi connectivity index (χ1) is 11.6. The number of morpholine rings is 1. The van der Waals surface area contributed by atoms with Crippen molar-refractivity contribution in [3.63, 3.8) is 0 Å². The molecule has 2 aromatic rings. The third kappa shape index (κ3) is 3.57.